The number of halogens is 7. The quantitative estimate of drug-likeness (QED) is 0.459. The maximum atomic E-state index is 12.5. The van der Waals surface area contributed by atoms with E-state index in [1.807, 2.05) is 0 Å². The van der Waals surface area contributed by atoms with Crippen LogP contribution in [-0.2, 0) is 0 Å². The van der Waals surface area contributed by atoms with Crippen molar-refractivity contribution >= 4 is 0 Å². The molecule has 0 aliphatic carbocycles. The molecule has 0 aliphatic heterocycles. The van der Waals surface area contributed by atoms with Crippen LogP contribution in [0.25, 0.3) is 0 Å². The summed E-state index contributed by atoms with van der Waals surface area (Å²) in [7, 11) is 0. The summed E-state index contributed by atoms with van der Waals surface area (Å²) in [4.78, 5) is 0. The van der Waals surface area contributed by atoms with E-state index in [4.69, 9.17) is 0 Å². The van der Waals surface area contributed by atoms with Gasteiger partial charge in [-0.2, -0.15) is 26.3 Å². The van der Waals surface area contributed by atoms with Crippen LogP contribution in [0.2, 0.25) is 0 Å². The number of alkyl halides is 7. The van der Waals surface area contributed by atoms with Crippen molar-refractivity contribution in [3.63, 3.8) is 0 Å². The average Bonchev–Trinajstić information content (AvgIpc) is 1.82. The summed E-state index contributed by atoms with van der Waals surface area (Å²) in [5.74, 6) is 0. The Bertz CT molecular complexity index is 182. The van der Waals surface area contributed by atoms with E-state index < -0.39 is 24.1 Å². The Morgan fingerprint density at radius 3 is 1.15 bits per heavy atom. The van der Waals surface area contributed by atoms with Crippen molar-refractivity contribution in [3.05, 3.63) is 12.2 Å². The van der Waals surface area contributed by atoms with Gasteiger partial charge in [-0.1, -0.05) is 6.08 Å². The summed E-state index contributed by atoms with van der Waals surface area (Å²) in [6.45, 7) is 0.867. The normalized spacial score (nSPS) is 15.4. The lowest BCUT2D eigenvalue weighted by atomic mass is 10.1. The fourth-order valence-corrected chi connectivity index (χ4v) is 0.579. The molecule has 0 saturated heterocycles. The molecule has 0 aromatic rings. The van der Waals surface area contributed by atoms with Gasteiger partial charge in [0.1, 0.15) is 0 Å². The van der Waals surface area contributed by atoms with E-state index in [1.165, 1.54) is 0 Å². The zero-order valence-electron chi connectivity index (χ0n) is 6.30. The highest BCUT2D eigenvalue weighted by Crippen LogP contribution is 2.46. The number of allylic oxidation sites excluding steroid dienone is 2. The largest absolute Gasteiger partial charge is 0.435 e. The molecule has 0 aromatic heterocycles. The highest BCUT2D eigenvalue weighted by Gasteiger charge is 2.70. The van der Waals surface area contributed by atoms with Gasteiger partial charge in [-0.3, -0.25) is 0 Å². The average molecular weight is 210 g/mol. The Hall–Kier alpha value is -0.750. The van der Waals surface area contributed by atoms with E-state index in [2.05, 4.69) is 0 Å². The van der Waals surface area contributed by atoms with Crippen LogP contribution in [0, 0.1) is 0 Å². The van der Waals surface area contributed by atoms with Crippen LogP contribution >= 0.6 is 0 Å². The van der Waals surface area contributed by atoms with Gasteiger partial charge >= 0.3 is 18.0 Å². The second-order valence-corrected chi connectivity index (χ2v) is 2.21. The topological polar surface area (TPSA) is 0 Å². The Balaban J connectivity index is 5.21. The van der Waals surface area contributed by atoms with Gasteiger partial charge < -0.3 is 0 Å². The molecule has 0 unspecified atom stereocenters. The molecule has 78 valence electrons. The fourth-order valence-electron chi connectivity index (χ4n) is 0.579. The van der Waals surface area contributed by atoms with Gasteiger partial charge in [0, 0.05) is 0 Å². The van der Waals surface area contributed by atoms with Crippen molar-refractivity contribution in [2.24, 2.45) is 0 Å². The van der Waals surface area contributed by atoms with Crippen LogP contribution in [0.4, 0.5) is 30.7 Å². The predicted molar refractivity (Wildman–Crippen MR) is 30.8 cm³/mol. The van der Waals surface area contributed by atoms with Crippen molar-refractivity contribution < 1.29 is 30.7 Å². The summed E-state index contributed by atoms with van der Waals surface area (Å²) in [6, 6.07) is 0. The van der Waals surface area contributed by atoms with Gasteiger partial charge in [-0.15, -0.1) is 0 Å². The van der Waals surface area contributed by atoms with E-state index >= 15 is 0 Å². The first-order valence-electron chi connectivity index (χ1n) is 3.02. The van der Waals surface area contributed by atoms with Crippen LogP contribution in [0.1, 0.15) is 6.92 Å². The van der Waals surface area contributed by atoms with Crippen molar-refractivity contribution in [1.29, 1.82) is 0 Å². The summed E-state index contributed by atoms with van der Waals surface area (Å²) in [6.07, 6.45) is -12.2. The smallest absolute Gasteiger partial charge is 0.219 e. The standard InChI is InChI=1S/C6H5F7/c1-2-3-4(7,5(8,9)10)6(11,12)13/h2-3H,1H3/b3-2-. The first-order chi connectivity index (χ1) is 5.56. The van der Waals surface area contributed by atoms with Gasteiger partial charge in [0.2, 0.25) is 0 Å². The van der Waals surface area contributed by atoms with E-state index in [0.29, 0.717) is 6.08 Å². The molecule has 0 rings (SSSR count). The monoisotopic (exact) mass is 210 g/mol. The third-order valence-corrected chi connectivity index (χ3v) is 1.22. The minimum atomic E-state index is -5.99. The Morgan fingerprint density at radius 1 is 0.769 bits per heavy atom. The molecule has 0 radical (unpaired) electrons. The van der Waals surface area contributed by atoms with Gasteiger partial charge in [-0.05, 0) is 13.0 Å². The molecule has 0 atom stereocenters. The second kappa shape index (κ2) is 3.19. The van der Waals surface area contributed by atoms with Crippen molar-refractivity contribution in [2.75, 3.05) is 0 Å². The number of hydrogen-bond donors (Lipinski definition) is 0. The van der Waals surface area contributed by atoms with Crippen LogP contribution in [-0.4, -0.2) is 18.0 Å². The van der Waals surface area contributed by atoms with E-state index in [0.717, 1.165) is 6.92 Å². The molecule has 0 bridgehead atoms. The minimum absolute atomic E-state index is 0.362. The molecule has 0 fully saturated rings. The van der Waals surface area contributed by atoms with Crippen LogP contribution in [0.15, 0.2) is 12.2 Å². The molecule has 0 saturated carbocycles. The summed E-state index contributed by atoms with van der Waals surface area (Å²) in [5, 5.41) is 0. The molecule has 0 aromatic carbocycles. The van der Waals surface area contributed by atoms with Crippen LogP contribution < -0.4 is 0 Å². The molecular weight excluding hydrogens is 205 g/mol. The molecule has 0 spiro atoms. The predicted octanol–water partition coefficient (Wildman–Crippen LogP) is 3.40. The minimum Gasteiger partial charge on any atom is -0.219 e. The van der Waals surface area contributed by atoms with Gasteiger partial charge in [-0.25, -0.2) is 4.39 Å². The molecular formula is C6H5F7. The summed E-state index contributed by atoms with van der Waals surface area (Å²) >= 11 is 0. The first kappa shape index (κ1) is 12.2. The molecule has 0 heterocycles. The van der Waals surface area contributed by atoms with E-state index in [1.54, 1.807) is 0 Å². The molecule has 0 N–H and O–H groups in total. The van der Waals surface area contributed by atoms with Crippen molar-refractivity contribution in [3.8, 4) is 0 Å². The lowest BCUT2D eigenvalue weighted by Gasteiger charge is -2.26. The highest BCUT2D eigenvalue weighted by atomic mass is 19.4. The number of hydrogen-bond acceptors (Lipinski definition) is 0. The van der Waals surface area contributed by atoms with Crippen molar-refractivity contribution in [2.45, 2.75) is 24.9 Å². The van der Waals surface area contributed by atoms with Gasteiger partial charge in [0.25, 0.3) is 0 Å². The first-order valence-corrected chi connectivity index (χ1v) is 3.02. The summed E-state index contributed by atoms with van der Waals surface area (Å²) < 4.78 is 82.3. The van der Waals surface area contributed by atoms with Crippen LogP contribution in [0.5, 0.6) is 0 Å². The SMILES string of the molecule is C/C=C\C(F)(C(F)(F)F)C(F)(F)F. The molecule has 7 heteroatoms. The van der Waals surface area contributed by atoms with E-state index in [9.17, 15) is 30.7 Å². The zero-order chi connectivity index (χ0) is 10.9. The maximum absolute atomic E-state index is 12.5. The molecule has 0 aliphatic rings. The second-order valence-electron chi connectivity index (χ2n) is 2.21. The lowest BCUT2D eigenvalue weighted by molar-refractivity contribution is -0.322. The van der Waals surface area contributed by atoms with E-state index in [-0.39, 0.29) is 0 Å². The fraction of sp³-hybridized carbons (Fsp3) is 0.667. The third-order valence-electron chi connectivity index (χ3n) is 1.22. The van der Waals surface area contributed by atoms with Gasteiger partial charge in [0.05, 0.1) is 0 Å². The third kappa shape index (κ3) is 2.13. The van der Waals surface area contributed by atoms with Crippen LogP contribution in [0.3, 0.4) is 0 Å². The molecule has 13 heavy (non-hydrogen) atoms. The Kier molecular flexibility index (Phi) is 3.01. The van der Waals surface area contributed by atoms with Gasteiger partial charge in [0.15, 0.2) is 0 Å². The molecule has 0 nitrogen and oxygen atoms in total. The number of rotatable bonds is 1. The highest BCUT2D eigenvalue weighted by molar-refractivity contribution is 5.10. The summed E-state index contributed by atoms with van der Waals surface area (Å²) in [5.41, 5.74) is -5.26. The zero-order valence-corrected chi connectivity index (χ0v) is 6.30. The Morgan fingerprint density at radius 2 is 1.08 bits per heavy atom. The van der Waals surface area contributed by atoms with Crippen molar-refractivity contribution in [1.82, 2.24) is 0 Å². The maximum Gasteiger partial charge on any atom is 0.435 e. The Labute approximate surface area is 69.0 Å². The lowest BCUT2D eigenvalue weighted by Crippen LogP contribution is -2.51. The molecule has 0 amide bonds.